The molecule has 0 bridgehead atoms. The molecule has 2 heterocycles. The molecule has 0 radical (unpaired) electrons. The minimum absolute atomic E-state index is 0.00948. The third kappa shape index (κ3) is 19.0. The first-order valence-electron chi connectivity index (χ1n) is 24.9. The molecule has 1 aliphatic rings. The van der Waals surface area contributed by atoms with Crippen molar-refractivity contribution < 1.29 is 55.6 Å². The zero-order valence-electron chi connectivity index (χ0n) is 43.1. The number of nitrogens with zero attached hydrogens (tertiary/aromatic N) is 4. The lowest BCUT2D eigenvalue weighted by Gasteiger charge is -2.32. The van der Waals surface area contributed by atoms with Crippen molar-refractivity contribution in [1.29, 1.82) is 0 Å². The van der Waals surface area contributed by atoms with E-state index in [1.807, 2.05) is 81.1 Å². The number of nitrogens with one attached hydrogen (secondary N) is 2. The van der Waals surface area contributed by atoms with E-state index in [0.29, 0.717) is 39.1 Å². The van der Waals surface area contributed by atoms with Crippen molar-refractivity contribution >= 4 is 45.4 Å². The van der Waals surface area contributed by atoms with Gasteiger partial charge in [0.15, 0.2) is 11.4 Å². The molecule has 73 heavy (non-hydrogen) atoms. The van der Waals surface area contributed by atoms with E-state index in [-0.39, 0.29) is 73.5 Å². The van der Waals surface area contributed by atoms with Gasteiger partial charge in [-0.25, -0.2) is 4.79 Å². The number of benzene rings is 3. The van der Waals surface area contributed by atoms with Crippen LogP contribution in [0.3, 0.4) is 0 Å². The fourth-order valence-corrected chi connectivity index (χ4v) is 9.50. The summed E-state index contributed by atoms with van der Waals surface area (Å²) in [7, 11) is -2.89. The molecule has 396 valence electrons. The highest BCUT2D eigenvalue weighted by Crippen LogP contribution is 2.26. The standard InChI is InChI=1S/C54H72N6O12S/c1-37(2)28-47(55-51(64)42(21-20-40-14-10-8-11-15-40)31-45(61)34-60-24-26-69-27-25-60)49(62)32-43(30-41-16-12-9-13-17-41)52(65)56-48(29-38(3)4)50(63)54(6,72-53(66)70-35-44-33-59(7)58-57-44)36-71-73(67,68)46-22-18-39(5)19-23-46/h8-19,22-23,33,37-38,42-43,47-48H,20-21,24-32,34-36H2,1-7H3,(H,55,64)(H,56,65)/t42-,43-,47+,48+,54?/m1/s1. The van der Waals surface area contributed by atoms with Crippen LogP contribution in [-0.4, -0.2) is 121 Å². The van der Waals surface area contributed by atoms with Crippen LogP contribution < -0.4 is 10.6 Å². The van der Waals surface area contributed by atoms with Crippen molar-refractivity contribution in [3.05, 3.63) is 114 Å². The van der Waals surface area contributed by atoms with Crippen LogP contribution in [0.15, 0.2) is 96.0 Å². The van der Waals surface area contributed by atoms with Crippen LogP contribution in [0.1, 0.15) is 89.1 Å². The second-order valence-corrected chi connectivity index (χ2v) is 21.6. The van der Waals surface area contributed by atoms with E-state index in [0.717, 1.165) is 16.7 Å². The maximum atomic E-state index is 14.9. The number of amides is 2. The molecule has 0 aliphatic carbocycles. The molecule has 1 fully saturated rings. The minimum atomic E-state index is -4.51. The number of ketones is 3. The molecule has 1 aromatic heterocycles. The summed E-state index contributed by atoms with van der Waals surface area (Å²) in [5, 5.41) is 13.5. The predicted molar refractivity (Wildman–Crippen MR) is 271 cm³/mol. The van der Waals surface area contributed by atoms with E-state index in [9.17, 15) is 37.2 Å². The van der Waals surface area contributed by atoms with E-state index in [4.69, 9.17) is 18.4 Å². The van der Waals surface area contributed by atoms with Gasteiger partial charge in [0.1, 0.15) is 24.7 Å². The molecule has 1 aliphatic heterocycles. The molecule has 0 spiro atoms. The van der Waals surface area contributed by atoms with Crippen LogP contribution >= 0.6 is 0 Å². The Morgan fingerprint density at radius 1 is 0.781 bits per heavy atom. The highest BCUT2D eigenvalue weighted by Gasteiger charge is 2.45. The number of Topliss-reactive ketones (excluding diaryl/α,β-unsaturated/α-hetero) is 3. The van der Waals surface area contributed by atoms with Crippen molar-refractivity contribution in [2.75, 3.05) is 39.5 Å². The number of aromatic nitrogens is 3. The van der Waals surface area contributed by atoms with Crippen molar-refractivity contribution in [2.45, 2.75) is 116 Å². The van der Waals surface area contributed by atoms with Crippen molar-refractivity contribution in [1.82, 2.24) is 30.5 Å². The van der Waals surface area contributed by atoms with Gasteiger partial charge in [0.2, 0.25) is 17.6 Å². The van der Waals surface area contributed by atoms with Crippen LogP contribution in [0.2, 0.25) is 0 Å². The van der Waals surface area contributed by atoms with Gasteiger partial charge in [-0.15, -0.1) is 5.10 Å². The van der Waals surface area contributed by atoms with Gasteiger partial charge in [-0.3, -0.25) is 37.7 Å². The first-order valence-corrected chi connectivity index (χ1v) is 26.3. The molecule has 19 heteroatoms. The number of ether oxygens (including phenoxy) is 3. The van der Waals surface area contributed by atoms with Gasteiger partial charge in [-0.2, -0.15) is 8.42 Å². The average Bonchev–Trinajstić information content (AvgIpc) is 3.78. The fraction of sp³-hybridized carbons (Fsp3) is 0.519. The van der Waals surface area contributed by atoms with Gasteiger partial charge < -0.3 is 24.8 Å². The molecule has 2 N–H and O–H groups in total. The van der Waals surface area contributed by atoms with Gasteiger partial charge >= 0.3 is 6.16 Å². The molecular weight excluding hydrogens is 957 g/mol. The quantitative estimate of drug-likeness (QED) is 0.0474. The zero-order chi connectivity index (χ0) is 53.1. The Morgan fingerprint density at radius 2 is 1.37 bits per heavy atom. The van der Waals surface area contributed by atoms with Crippen LogP contribution in [0.25, 0.3) is 0 Å². The topological polar surface area (TPSA) is 231 Å². The SMILES string of the molecule is Cc1ccc(S(=O)(=O)OCC(C)(OC(=O)OCc2cn(C)nn2)C(=O)[C@H](CC(C)C)NC(=O)[C@@H](CC(=O)[C@H](CC(C)C)NC(=O)[C@H](CCc2ccccc2)CC(=O)CN2CCOCC2)Cc2ccccc2)cc1. The summed E-state index contributed by atoms with van der Waals surface area (Å²) >= 11 is 0. The maximum Gasteiger partial charge on any atom is 0.509 e. The lowest BCUT2D eigenvalue weighted by molar-refractivity contribution is -0.147. The summed E-state index contributed by atoms with van der Waals surface area (Å²) in [4.78, 5) is 87.3. The molecule has 0 saturated carbocycles. The molecule has 2 amide bonds. The molecule has 18 nitrogen and oxygen atoms in total. The number of carbonyl (C=O) groups excluding carboxylic acids is 6. The van der Waals surface area contributed by atoms with Crippen LogP contribution in [-0.2, 0) is 79.0 Å². The van der Waals surface area contributed by atoms with Crippen LogP contribution in [0.4, 0.5) is 4.79 Å². The Kier molecular flexibility index (Phi) is 22.0. The number of hydrogen-bond acceptors (Lipinski definition) is 15. The van der Waals surface area contributed by atoms with Crippen molar-refractivity contribution in [2.24, 2.45) is 30.7 Å². The molecule has 5 atom stereocenters. The van der Waals surface area contributed by atoms with Crippen molar-refractivity contribution in [3.8, 4) is 0 Å². The predicted octanol–water partition coefficient (Wildman–Crippen LogP) is 5.93. The summed E-state index contributed by atoms with van der Waals surface area (Å²) in [6.45, 7) is 11.5. The van der Waals surface area contributed by atoms with E-state index >= 15 is 0 Å². The fourth-order valence-electron chi connectivity index (χ4n) is 8.52. The Bertz CT molecular complexity index is 2550. The third-order valence-corrected chi connectivity index (χ3v) is 13.8. The number of carbonyl (C=O) groups is 6. The normalized spacial score (nSPS) is 15.6. The Hall–Kier alpha value is -6.15. The van der Waals surface area contributed by atoms with Gasteiger partial charge in [-0.1, -0.05) is 111 Å². The zero-order valence-corrected chi connectivity index (χ0v) is 43.9. The van der Waals surface area contributed by atoms with E-state index in [2.05, 4.69) is 20.9 Å². The Balaban J connectivity index is 1.40. The van der Waals surface area contributed by atoms with Gasteiger partial charge in [-0.05, 0) is 81.0 Å². The van der Waals surface area contributed by atoms with Gasteiger partial charge in [0.05, 0.1) is 42.9 Å². The smallest absolute Gasteiger partial charge is 0.428 e. The second kappa shape index (κ2) is 27.8. The summed E-state index contributed by atoms with van der Waals surface area (Å²) in [5.41, 5.74) is 0.425. The lowest BCUT2D eigenvalue weighted by Crippen LogP contribution is -2.56. The lowest BCUT2D eigenvalue weighted by atomic mass is 9.86. The number of rotatable bonds is 29. The van der Waals surface area contributed by atoms with E-state index in [1.54, 1.807) is 38.2 Å². The second-order valence-electron chi connectivity index (χ2n) is 19.9. The molecule has 5 rings (SSSR count). The highest BCUT2D eigenvalue weighted by molar-refractivity contribution is 7.86. The van der Waals surface area contributed by atoms with Gasteiger partial charge in [0.25, 0.3) is 10.1 Å². The summed E-state index contributed by atoms with van der Waals surface area (Å²) < 4.78 is 50.1. The molecule has 1 saturated heterocycles. The van der Waals surface area contributed by atoms with E-state index in [1.165, 1.54) is 29.9 Å². The largest absolute Gasteiger partial charge is 0.509 e. The summed E-state index contributed by atoms with van der Waals surface area (Å²) in [6, 6.07) is 22.1. The molecule has 1 unspecified atom stereocenters. The molecule has 3 aromatic carbocycles. The molecular formula is C54H72N6O12S. The summed E-state index contributed by atoms with van der Waals surface area (Å²) in [5.74, 6) is -4.63. The monoisotopic (exact) mass is 1030 g/mol. The Morgan fingerprint density at radius 3 is 1.97 bits per heavy atom. The summed E-state index contributed by atoms with van der Waals surface area (Å²) in [6.07, 6.45) is 1.02. The van der Waals surface area contributed by atoms with Crippen LogP contribution in [0, 0.1) is 30.6 Å². The van der Waals surface area contributed by atoms with Gasteiger partial charge in [0, 0.05) is 44.8 Å². The highest BCUT2D eigenvalue weighted by atomic mass is 32.2. The van der Waals surface area contributed by atoms with Crippen molar-refractivity contribution in [3.63, 3.8) is 0 Å². The number of morpholine rings is 1. The third-order valence-electron chi connectivity index (χ3n) is 12.5. The first-order chi connectivity index (χ1) is 34.7. The number of hydrogen-bond donors (Lipinski definition) is 2. The minimum Gasteiger partial charge on any atom is -0.428 e. The maximum absolute atomic E-state index is 14.9. The molecule has 4 aromatic rings. The average molecular weight is 1030 g/mol. The van der Waals surface area contributed by atoms with E-state index < -0.39 is 75.8 Å². The first kappa shape index (κ1) is 57.7. The number of aryl methyl sites for hydroxylation is 3. The van der Waals surface area contributed by atoms with Crippen LogP contribution in [0.5, 0.6) is 0 Å². The Labute approximate surface area is 429 Å².